The van der Waals surface area contributed by atoms with Gasteiger partial charge in [-0.3, -0.25) is 0 Å². The maximum Gasteiger partial charge on any atom is 0.116 e. The third kappa shape index (κ3) is 4.33. The third-order valence-corrected chi connectivity index (χ3v) is 10.1. The summed E-state index contributed by atoms with van der Waals surface area (Å²) in [4.78, 5) is 10.7. The highest BCUT2D eigenvalue weighted by molar-refractivity contribution is 7.23. The van der Waals surface area contributed by atoms with Crippen molar-refractivity contribution in [3.05, 3.63) is 71.0 Å². The molecule has 180 valence electrons. The van der Waals surface area contributed by atoms with E-state index in [0.29, 0.717) is 5.41 Å². The number of nitrogens with zero attached hydrogens (tertiary/aromatic N) is 2. The lowest BCUT2D eigenvalue weighted by molar-refractivity contribution is 0.114. The topological polar surface area (TPSA) is 25.8 Å². The van der Waals surface area contributed by atoms with Crippen molar-refractivity contribution >= 4 is 21.6 Å². The first-order valence-corrected chi connectivity index (χ1v) is 14.3. The summed E-state index contributed by atoms with van der Waals surface area (Å²) in [6, 6.07) is 16.2. The van der Waals surface area contributed by atoms with E-state index in [9.17, 15) is 0 Å². The highest BCUT2D eigenvalue weighted by atomic mass is 32.1. The van der Waals surface area contributed by atoms with Gasteiger partial charge in [-0.15, -0.1) is 11.3 Å². The number of hydrogen-bond acceptors (Lipinski definition) is 3. The van der Waals surface area contributed by atoms with Gasteiger partial charge in [-0.05, 0) is 99.5 Å². The molecule has 0 atom stereocenters. The average Bonchev–Trinajstić information content (AvgIpc) is 3.21. The highest BCUT2D eigenvalue weighted by Crippen LogP contribution is 2.51. The lowest BCUT2D eigenvalue weighted by atomic mass is 9.62. The van der Waals surface area contributed by atoms with Gasteiger partial charge in [0.05, 0.1) is 15.9 Å². The van der Waals surface area contributed by atoms with Gasteiger partial charge in [-0.25, -0.2) is 9.97 Å². The maximum atomic E-state index is 4.72. The van der Waals surface area contributed by atoms with Crippen LogP contribution in [0.25, 0.3) is 31.9 Å². The second kappa shape index (κ2) is 9.17. The number of rotatable bonds is 3. The van der Waals surface area contributed by atoms with Crippen molar-refractivity contribution in [2.24, 2.45) is 5.41 Å². The fourth-order valence-corrected chi connectivity index (χ4v) is 8.17. The zero-order valence-electron chi connectivity index (χ0n) is 21.4. The molecule has 0 aliphatic heterocycles. The van der Waals surface area contributed by atoms with Crippen molar-refractivity contribution in [3.63, 3.8) is 0 Å². The molecule has 2 aliphatic carbocycles. The number of aromatic nitrogens is 2. The molecular weight excluding hydrogens is 444 g/mol. The van der Waals surface area contributed by atoms with E-state index >= 15 is 0 Å². The summed E-state index contributed by atoms with van der Waals surface area (Å²) in [6.07, 6.45) is 14.7. The summed E-state index contributed by atoms with van der Waals surface area (Å²) in [5, 5.41) is 0. The molecule has 0 unspecified atom stereocenters. The summed E-state index contributed by atoms with van der Waals surface area (Å²) in [5.74, 6) is 0.738. The van der Waals surface area contributed by atoms with Crippen molar-refractivity contribution in [2.45, 2.75) is 84.5 Å². The van der Waals surface area contributed by atoms with E-state index in [1.54, 1.807) is 6.33 Å². The zero-order valence-corrected chi connectivity index (χ0v) is 22.2. The summed E-state index contributed by atoms with van der Waals surface area (Å²) < 4.78 is 1.19. The van der Waals surface area contributed by atoms with E-state index in [0.717, 1.165) is 17.1 Å². The SMILES string of the molecule is Cc1cc(C)cc(-c2ncnc3c(C)c(-c4ccc(C5CCC6(CCCCC6)CC5)cc4)sc23)c1. The van der Waals surface area contributed by atoms with Gasteiger partial charge in [0, 0.05) is 10.4 Å². The molecule has 0 saturated heterocycles. The van der Waals surface area contributed by atoms with Crippen LogP contribution >= 0.6 is 11.3 Å². The average molecular weight is 481 g/mol. The second-order valence-corrected chi connectivity index (χ2v) is 12.3. The quantitative estimate of drug-likeness (QED) is 0.292. The fourth-order valence-electron chi connectivity index (χ4n) is 6.89. The monoisotopic (exact) mass is 480 g/mol. The largest absolute Gasteiger partial charge is 0.235 e. The van der Waals surface area contributed by atoms with Crippen LogP contribution in [-0.2, 0) is 0 Å². The molecule has 0 amide bonds. The van der Waals surface area contributed by atoms with Crippen LogP contribution in [0.2, 0.25) is 0 Å². The highest BCUT2D eigenvalue weighted by Gasteiger charge is 2.36. The van der Waals surface area contributed by atoms with Gasteiger partial charge in [-0.2, -0.15) is 0 Å². The molecule has 0 N–H and O–H groups in total. The zero-order chi connectivity index (χ0) is 24.0. The minimum absolute atomic E-state index is 0.692. The maximum absolute atomic E-state index is 4.72. The minimum Gasteiger partial charge on any atom is -0.235 e. The number of aryl methyl sites for hydroxylation is 3. The Morgan fingerprint density at radius 1 is 0.771 bits per heavy atom. The standard InChI is InChI=1S/C32H36N2S/c1-21-17-22(2)19-27(18-21)29-31-28(33-20-34-29)23(3)30(35-31)26-9-7-24(8-10-26)25-11-15-32(16-12-25)13-5-4-6-14-32/h7-10,17-20,25H,4-6,11-16H2,1-3H3. The van der Waals surface area contributed by atoms with Gasteiger partial charge in [0.15, 0.2) is 0 Å². The predicted molar refractivity (Wildman–Crippen MR) is 149 cm³/mol. The molecule has 4 aromatic rings. The van der Waals surface area contributed by atoms with E-state index in [1.807, 2.05) is 11.3 Å². The molecule has 2 saturated carbocycles. The molecule has 2 aromatic heterocycles. The Morgan fingerprint density at radius 2 is 1.46 bits per heavy atom. The molecule has 0 bridgehead atoms. The Labute approximate surface area is 213 Å². The minimum atomic E-state index is 0.692. The van der Waals surface area contributed by atoms with Crippen LogP contribution in [0.5, 0.6) is 0 Å². The Balaban J connectivity index is 1.28. The summed E-state index contributed by atoms with van der Waals surface area (Å²) in [6.45, 7) is 6.52. The first-order valence-electron chi connectivity index (χ1n) is 13.4. The van der Waals surface area contributed by atoms with E-state index in [2.05, 4.69) is 68.2 Å². The van der Waals surface area contributed by atoms with Crippen molar-refractivity contribution in [2.75, 3.05) is 0 Å². The number of hydrogen-bond donors (Lipinski definition) is 0. The summed E-state index contributed by atoms with van der Waals surface area (Å²) in [7, 11) is 0. The Kier molecular flexibility index (Phi) is 6.00. The van der Waals surface area contributed by atoms with Gasteiger partial charge in [0.25, 0.3) is 0 Å². The molecule has 2 aromatic carbocycles. The van der Waals surface area contributed by atoms with Crippen LogP contribution in [-0.4, -0.2) is 9.97 Å². The first kappa shape index (κ1) is 22.9. The molecule has 2 nitrogen and oxygen atoms in total. The van der Waals surface area contributed by atoms with Crippen LogP contribution in [0.4, 0.5) is 0 Å². The molecule has 35 heavy (non-hydrogen) atoms. The van der Waals surface area contributed by atoms with E-state index < -0.39 is 0 Å². The van der Waals surface area contributed by atoms with Gasteiger partial charge in [0.2, 0.25) is 0 Å². The Hall–Kier alpha value is -2.52. The van der Waals surface area contributed by atoms with E-state index in [1.165, 1.54) is 101 Å². The smallest absolute Gasteiger partial charge is 0.116 e. The molecule has 0 radical (unpaired) electrons. The van der Waals surface area contributed by atoms with Crippen LogP contribution in [0.3, 0.4) is 0 Å². The molecule has 2 aliphatic rings. The van der Waals surface area contributed by atoms with Crippen molar-refractivity contribution < 1.29 is 0 Å². The fraction of sp³-hybridized carbons (Fsp3) is 0.438. The van der Waals surface area contributed by atoms with Crippen molar-refractivity contribution in [1.82, 2.24) is 9.97 Å². The number of thiophene rings is 1. The second-order valence-electron chi connectivity index (χ2n) is 11.3. The number of benzene rings is 2. The van der Waals surface area contributed by atoms with Crippen LogP contribution in [0.15, 0.2) is 48.8 Å². The van der Waals surface area contributed by atoms with E-state index in [-0.39, 0.29) is 0 Å². The summed E-state index contributed by atoms with van der Waals surface area (Å²) >= 11 is 1.84. The number of fused-ring (bicyclic) bond motifs is 1. The van der Waals surface area contributed by atoms with Crippen molar-refractivity contribution in [3.8, 4) is 21.7 Å². The lowest BCUT2D eigenvalue weighted by Crippen LogP contribution is -2.29. The summed E-state index contributed by atoms with van der Waals surface area (Å²) in [5.41, 5.74) is 10.7. The Bertz CT molecular complexity index is 1330. The Morgan fingerprint density at radius 3 is 2.14 bits per heavy atom. The first-order chi connectivity index (χ1) is 17.0. The predicted octanol–water partition coefficient (Wildman–Crippen LogP) is 9.56. The molecule has 2 fully saturated rings. The normalized spacial score (nSPS) is 18.4. The molecule has 3 heteroatoms. The van der Waals surface area contributed by atoms with Crippen LogP contribution in [0, 0.1) is 26.2 Å². The van der Waals surface area contributed by atoms with Crippen LogP contribution in [0.1, 0.15) is 86.0 Å². The van der Waals surface area contributed by atoms with Crippen LogP contribution < -0.4 is 0 Å². The van der Waals surface area contributed by atoms with E-state index in [4.69, 9.17) is 4.98 Å². The van der Waals surface area contributed by atoms with Gasteiger partial charge in [0.1, 0.15) is 6.33 Å². The third-order valence-electron chi connectivity index (χ3n) is 8.80. The molecule has 1 spiro atoms. The lowest BCUT2D eigenvalue weighted by Gasteiger charge is -2.43. The van der Waals surface area contributed by atoms with Gasteiger partial charge >= 0.3 is 0 Å². The molecule has 2 heterocycles. The van der Waals surface area contributed by atoms with Gasteiger partial charge in [-0.1, -0.05) is 60.7 Å². The van der Waals surface area contributed by atoms with Crippen molar-refractivity contribution in [1.29, 1.82) is 0 Å². The molecule has 6 rings (SSSR count). The molecular formula is C32H36N2S. The van der Waals surface area contributed by atoms with Gasteiger partial charge < -0.3 is 0 Å².